The molecule has 3 unspecified atom stereocenters. The Morgan fingerprint density at radius 3 is 0.553 bits per heavy atom. The van der Waals surface area contributed by atoms with Crippen molar-refractivity contribution >= 4 is 23.9 Å². The lowest BCUT2D eigenvalue weighted by Gasteiger charge is -2.44. The molecule has 1 fully saturated rings. The molecule has 17 rings (SSSR count). The van der Waals surface area contributed by atoms with E-state index >= 15 is 19.2 Å². The Hall–Kier alpha value is -17.1. The van der Waals surface area contributed by atoms with E-state index in [2.05, 4.69) is 0 Å². The highest BCUT2D eigenvalue weighted by Crippen LogP contribution is 2.47. The highest BCUT2D eigenvalue weighted by molar-refractivity contribution is 5.94. The fourth-order valence-corrected chi connectivity index (χ4v) is 15.4. The highest BCUT2D eigenvalue weighted by atomic mass is 16.7. The van der Waals surface area contributed by atoms with Crippen LogP contribution < -0.4 is 56.8 Å². The molecule has 1 aliphatic rings. The Bertz CT molecular complexity index is 6430. The lowest BCUT2D eigenvalue weighted by atomic mass is 9.97. The summed E-state index contributed by atoms with van der Waals surface area (Å²) in [4.78, 5) is 65.6. The zero-order chi connectivity index (χ0) is 96.4. The van der Waals surface area contributed by atoms with Crippen LogP contribution in [-0.4, -0.2) is 68.3 Å². The minimum atomic E-state index is -2.08. The summed E-state index contributed by atoms with van der Waals surface area (Å²) in [5, 5.41) is 0. The first-order chi connectivity index (χ1) is 69.5. The van der Waals surface area contributed by atoms with Gasteiger partial charge >= 0.3 is 23.9 Å². The minimum Gasteiger partial charge on any atom is -0.485 e. The van der Waals surface area contributed by atoms with E-state index in [1.807, 2.05) is 364 Å². The zero-order valence-electron chi connectivity index (χ0n) is 77.3. The molecule has 22 nitrogen and oxygen atoms in total. The van der Waals surface area contributed by atoms with Crippen LogP contribution >= 0.6 is 0 Å². The van der Waals surface area contributed by atoms with Gasteiger partial charge in [0.05, 0.1) is 22.3 Å². The Labute approximate surface area is 817 Å². The lowest BCUT2D eigenvalue weighted by Crippen LogP contribution is -2.63. The van der Waals surface area contributed by atoms with Gasteiger partial charge in [-0.1, -0.05) is 364 Å². The quantitative estimate of drug-likeness (QED) is 0.0255. The SMILES string of the molecule is CO[C@@H]1OC(COC(=O)c2cc(OCc3ccccc3)c(OCc3ccccc3)c(OCc3ccccc3)c2)[C@@H](OC(=O)c2cc(OCc3ccccc3)c(OCc3ccccc3)c(OCc3ccccc3)c2)C(OC(=O)c2cc(OCc3ccccc3)c(OCc3ccccc3)c(OCc3ccccc3)c2)C1OC(=O)c1cc(OCc2ccccc2)c(OCc2ccccc2)c(OCc2ccccc2)c1. The molecule has 710 valence electrons. The Balaban J connectivity index is 0.825. The Morgan fingerprint density at radius 2 is 0.369 bits per heavy atom. The van der Waals surface area contributed by atoms with Gasteiger partial charge in [-0.15, -0.1) is 0 Å². The predicted molar refractivity (Wildman–Crippen MR) is 529 cm³/mol. The third kappa shape index (κ3) is 27.0. The Morgan fingerprint density at radius 1 is 0.206 bits per heavy atom. The molecular formula is C119H102O22. The minimum absolute atomic E-state index is 0.0117. The zero-order valence-corrected chi connectivity index (χ0v) is 77.3. The van der Waals surface area contributed by atoms with Crippen molar-refractivity contribution in [3.63, 3.8) is 0 Å². The summed E-state index contributed by atoms with van der Waals surface area (Å²) < 4.78 is 122. The van der Waals surface area contributed by atoms with Crippen LogP contribution in [0.25, 0.3) is 0 Å². The molecule has 0 aromatic heterocycles. The molecule has 16 aromatic rings. The number of carbonyl (C=O) groups excluding carboxylic acids is 4. The number of hydrogen-bond donors (Lipinski definition) is 0. The van der Waals surface area contributed by atoms with Gasteiger partial charge in [-0.2, -0.15) is 0 Å². The molecule has 0 aliphatic carbocycles. The van der Waals surface area contributed by atoms with Crippen molar-refractivity contribution in [2.45, 2.75) is 110 Å². The highest BCUT2D eigenvalue weighted by Gasteiger charge is 2.54. The third-order valence-electron chi connectivity index (χ3n) is 22.8. The van der Waals surface area contributed by atoms with Gasteiger partial charge in [0.25, 0.3) is 0 Å². The van der Waals surface area contributed by atoms with Gasteiger partial charge in [-0.3, -0.25) is 0 Å². The van der Waals surface area contributed by atoms with E-state index in [9.17, 15) is 0 Å². The number of esters is 4. The average Bonchev–Trinajstić information content (AvgIpc) is 0.768. The second kappa shape index (κ2) is 49.1. The first-order valence-corrected chi connectivity index (χ1v) is 46.2. The first-order valence-electron chi connectivity index (χ1n) is 46.2. The van der Waals surface area contributed by atoms with E-state index in [4.69, 9.17) is 85.3 Å². The van der Waals surface area contributed by atoms with Crippen molar-refractivity contribution < 1.29 is 104 Å². The number of rotatable bonds is 46. The molecule has 0 saturated carbocycles. The van der Waals surface area contributed by atoms with Gasteiger partial charge in [-0.05, 0) is 115 Å². The van der Waals surface area contributed by atoms with Crippen molar-refractivity contribution in [1.82, 2.24) is 0 Å². The van der Waals surface area contributed by atoms with E-state index in [0.29, 0.717) is 0 Å². The molecule has 1 heterocycles. The van der Waals surface area contributed by atoms with Crippen LogP contribution in [0.1, 0.15) is 108 Å². The molecule has 0 N–H and O–H groups in total. The summed E-state index contributed by atoms with van der Waals surface area (Å²) in [6.07, 6.45) is -9.67. The van der Waals surface area contributed by atoms with Crippen molar-refractivity contribution in [2.24, 2.45) is 0 Å². The summed E-state index contributed by atoms with van der Waals surface area (Å²) >= 11 is 0. The Kier molecular flexibility index (Phi) is 33.3. The molecule has 22 heteroatoms. The maximum absolute atomic E-state index is 16.7. The van der Waals surface area contributed by atoms with E-state index in [1.165, 1.54) is 55.6 Å². The summed E-state index contributed by atoms with van der Waals surface area (Å²) in [5.74, 6) is -3.26. The molecule has 0 amide bonds. The van der Waals surface area contributed by atoms with E-state index in [0.717, 1.165) is 66.8 Å². The number of methoxy groups -OCH3 is 1. The van der Waals surface area contributed by atoms with Gasteiger partial charge in [0.1, 0.15) is 92.0 Å². The van der Waals surface area contributed by atoms with Crippen LogP contribution in [0.5, 0.6) is 69.0 Å². The smallest absolute Gasteiger partial charge is 0.339 e. The molecule has 1 aliphatic heterocycles. The topological polar surface area (TPSA) is 234 Å². The molecule has 141 heavy (non-hydrogen) atoms. The molecule has 0 spiro atoms. The third-order valence-corrected chi connectivity index (χ3v) is 22.8. The van der Waals surface area contributed by atoms with E-state index < -0.39 is 61.2 Å². The molecule has 16 aromatic carbocycles. The second-order valence-electron chi connectivity index (χ2n) is 33.0. The summed E-state index contributed by atoms with van der Waals surface area (Å²) in [7, 11) is 1.27. The average molecular weight is 1880 g/mol. The van der Waals surface area contributed by atoms with Crippen LogP contribution in [0.4, 0.5) is 0 Å². The summed E-state index contributed by atoms with van der Waals surface area (Å²) in [6, 6.07) is 125. The normalized spacial score (nSPS) is 14.1. The van der Waals surface area contributed by atoms with E-state index in [-0.39, 0.29) is 171 Å². The van der Waals surface area contributed by atoms with Crippen molar-refractivity contribution in [3.05, 3.63) is 502 Å². The molecular weight excluding hydrogens is 1780 g/mol. The molecule has 0 bridgehead atoms. The number of carbonyl (C=O) groups is 4. The maximum Gasteiger partial charge on any atom is 0.339 e. The van der Waals surface area contributed by atoms with Crippen molar-refractivity contribution in [1.29, 1.82) is 0 Å². The number of ether oxygens (including phenoxy) is 18. The second-order valence-corrected chi connectivity index (χ2v) is 33.0. The van der Waals surface area contributed by atoms with Gasteiger partial charge < -0.3 is 85.3 Å². The summed E-state index contributed by atoms with van der Waals surface area (Å²) in [6.45, 7) is -0.771. The number of hydrogen-bond acceptors (Lipinski definition) is 22. The van der Waals surface area contributed by atoms with Gasteiger partial charge in [-0.25, -0.2) is 19.2 Å². The van der Waals surface area contributed by atoms with Crippen LogP contribution in [0, 0.1) is 0 Å². The van der Waals surface area contributed by atoms with Crippen LogP contribution in [0.3, 0.4) is 0 Å². The van der Waals surface area contributed by atoms with Crippen LogP contribution in [0.15, 0.2) is 413 Å². The fourth-order valence-electron chi connectivity index (χ4n) is 15.4. The van der Waals surface area contributed by atoms with E-state index in [1.54, 1.807) is 0 Å². The predicted octanol–water partition coefficient (Wildman–Crippen LogP) is 23.8. The molecule has 5 atom stereocenters. The van der Waals surface area contributed by atoms with Crippen molar-refractivity contribution in [3.8, 4) is 69.0 Å². The van der Waals surface area contributed by atoms with Crippen LogP contribution in [-0.2, 0) is 108 Å². The molecule has 0 radical (unpaired) electrons. The standard InChI is InChI=1S/C119H102O22/c1-124-119-114(141-118(123)98-68-105(131-76-89-50-26-8-27-51-89)111(136-81-94-60-36-13-37-61-94)106(69-98)132-77-90-52-28-9-29-53-90)113(140-117(122)97-66-103(129-74-87-46-22-6-23-47-87)110(135-80-93-58-34-12-35-59-93)104(67-97)130-75-88-48-24-7-25-49-88)112(139-116(121)96-64-101(127-72-85-42-18-4-19-43-85)109(134-79-92-56-32-11-33-57-92)102(65-96)128-73-86-44-20-5-21-45-86)107(138-119)82-137-115(120)95-62-99(125-70-83-38-14-2-15-39-83)108(133-78-91-54-30-10-31-55-91)100(63-95)126-71-84-40-16-3-17-41-84/h2-69,107,112-114,119H,70-82H2,1H3/t107?,112-,113?,114?,119-/m1/s1. The first kappa shape index (κ1) is 95.6. The van der Waals surface area contributed by atoms with Gasteiger partial charge in [0.2, 0.25) is 23.0 Å². The molecule has 1 saturated heterocycles. The fraction of sp³-hybridized carbons (Fsp3) is 0.160. The van der Waals surface area contributed by atoms with Gasteiger partial charge in [0.15, 0.2) is 70.6 Å². The van der Waals surface area contributed by atoms with Crippen molar-refractivity contribution in [2.75, 3.05) is 13.7 Å². The largest absolute Gasteiger partial charge is 0.485 e. The maximum atomic E-state index is 16.7. The van der Waals surface area contributed by atoms with Crippen LogP contribution in [0.2, 0.25) is 0 Å². The lowest BCUT2D eigenvalue weighted by molar-refractivity contribution is -0.291. The van der Waals surface area contributed by atoms with Gasteiger partial charge in [0, 0.05) is 7.11 Å². The summed E-state index contributed by atoms with van der Waals surface area (Å²) in [5.41, 5.74) is 8.72. The monoisotopic (exact) mass is 1880 g/mol. The number of benzene rings is 16.